The third-order valence-electron chi connectivity index (χ3n) is 4.75. The van der Waals surface area contributed by atoms with Crippen LogP contribution in [0.15, 0.2) is 42.7 Å². The average Bonchev–Trinajstić information content (AvgIpc) is 2.65. The van der Waals surface area contributed by atoms with Crippen LogP contribution in [0, 0.1) is 6.92 Å². The van der Waals surface area contributed by atoms with Crippen LogP contribution in [-0.2, 0) is 11.3 Å². The fourth-order valence-corrected chi connectivity index (χ4v) is 3.15. The molecule has 1 N–H and O–H groups in total. The lowest BCUT2D eigenvalue weighted by Gasteiger charge is -2.34. The monoisotopic (exact) mass is 354 g/mol. The minimum absolute atomic E-state index is 0.00828. The van der Waals surface area contributed by atoms with Gasteiger partial charge in [-0.2, -0.15) is 0 Å². The number of amides is 1. The zero-order valence-corrected chi connectivity index (χ0v) is 15.4. The van der Waals surface area contributed by atoms with Crippen molar-refractivity contribution in [2.45, 2.75) is 13.5 Å². The highest BCUT2D eigenvalue weighted by Crippen LogP contribution is 2.22. The van der Waals surface area contributed by atoms with Gasteiger partial charge in [0, 0.05) is 45.1 Å². The number of methoxy groups -OCH3 is 1. The summed E-state index contributed by atoms with van der Waals surface area (Å²) in [5.41, 5.74) is 3.26. The average molecular weight is 354 g/mol. The van der Waals surface area contributed by atoms with E-state index in [1.54, 1.807) is 7.11 Å². The van der Waals surface area contributed by atoms with Gasteiger partial charge in [0.1, 0.15) is 5.75 Å². The van der Waals surface area contributed by atoms with Crippen LogP contribution in [-0.4, -0.2) is 60.5 Å². The summed E-state index contributed by atoms with van der Waals surface area (Å²) in [7, 11) is 1.61. The lowest BCUT2D eigenvalue weighted by Crippen LogP contribution is -2.48. The van der Waals surface area contributed by atoms with Gasteiger partial charge in [-0.1, -0.05) is 12.1 Å². The molecule has 3 rings (SSSR count). The van der Waals surface area contributed by atoms with Gasteiger partial charge >= 0.3 is 0 Å². The number of ether oxygens (including phenoxy) is 1. The normalized spacial score (nSPS) is 15.6. The number of benzene rings is 1. The molecule has 6 heteroatoms. The second-order valence-electron chi connectivity index (χ2n) is 6.60. The van der Waals surface area contributed by atoms with Crippen LogP contribution in [0.2, 0.25) is 0 Å². The Bertz CT molecular complexity index is 742. The van der Waals surface area contributed by atoms with Gasteiger partial charge in [-0.05, 0) is 36.2 Å². The number of nitrogens with zero attached hydrogens (tertiary/aromatic N) is 3. The SMILES string of the molecule is COc1ccccc1NC(=O)CN1CCN(Cc2cnccc2C)CC1. The van der Waals surface area contributed by atoms with Gasteiger partial charge in [0.15, 0.2) is 0 Å². The number of aryl methyl sites for hydroxylation is 1. The van der Waals surface area contributed by atoms with Gasteiger partial charge in [0.2, 0.25) is 5.91 Å². The molecule has 2 aromatic rings. The van der Waals surface area contributed by atoms with Crippen LogP contribution >= 0.6 is 0 Å². The molecule has 1 fully saturated rings. The highest BCUT2D eigenvalue weighted by atomic mass is 16.5. The third kappa shape index (κ3) is 4.80. The third-order valence-corrected chi connectivity index (χ3v) is 4.75. The molecular weight excluding hydrogens is 328 g/mol. The van der Waals surface area contributed by atoms with Gasteiger partial charge in [0.05, 0.1) is 19.3 Å². The van der Waals surface area contributed by atoms with Crippen LogP contribution in [0.1, 0.15) is 11.1 Å². The molecule has 0 saturated carbocycles. The van der Waals surface area contributed by atoms with E-state index >= 15 is 0 Å². The fraction of sp³-hybridized carbons (Fsp3) is 0.400. The van der Waals surface area contributed by atoms with Crippen molar-refractivity contribution in [2.75, 3.05) is 45.2 Å². The first kappa shape index (κ1) is 18.4. The van der Waals surface area contributed by atoms with Crippen LogP contribution in [0.3, 0.4) is 0 Å². The van der Waals surface area contributed by atoms with E-state index in [9.17, 15) is 4.79 Å². The van der Waals surface area contributed by atoms with Gasteiger partial charge in [-0.25, -0.2) is 0 Å². The molecule has 0 unspecified atom stereocenters. The minimum atomic E-state index is -0.00828. The molecule has 1 aromatic carbocycles. The van der Waals surface area contributed by atoms with Crippen LogP contribution < -0.4 is 10.1 Å². The molecule has 0 spiro atoms. The van der Waals surface area contributed by atoms with Gasteiger partial charge in [-0.15, -0.1) is 0 Å². The molecule has 1 aromatic heterocycles. The summed E-state index contributed by atoms with van der Waals surface area (Å²) in [5.74, 6) is 0.670. The summed E-state index contributed by atoms with van der Waals surface area (Å²) in [4.78, 5) is 21.2. The van der Waals surface area contributed by atoms with Gasteiger partial charge < -0.3 is 10.1 Å². The Morgan fingerprint density at radius 3 is 2.62 bits per heavy atom. The quantitative estimate of drug-likeness (QED) is 0.861. The summed E-state index contributed by atoms with van der Waals surface area (Å²) in [6.45, 7) is 7.12. The molecule has 2 heterocycles. The molecule has 1 saturated heterocycles. The minimum Gasteiger partial charge on any atom is -0.495 e. The summed E-state index contributed by atoms with van der Waals surface area (Å²) >= 11 is 0. The number of rotatable bonds is 6. The molecule has 6 nitrogen and oxygen atoms in total. The number of hydrogen-bond acceptors (Lipinski definition) is 5. The molecular formula is C20H26N4O2. The smallest absolute Gasteiger partial charge is 0.238 e. The first-order valence-corrected chi connectivity index (χ1v) is 8.93. The fourth-order valence-electron chi connectivity index (χ4n) is 3.15. The number of nitrogens with one attached hydrogen (secondary N) is 1. The molecule has 0 atom stereocenters. The molecule has 0 aliphatic carbocycles. The molecule has 1 aliphatic rings. The van der Waals surface area contributed by atoms with Crippen molar-refractivity contribution >= 4 is 11.6 Å². The Balaban J connectivity index is 1.46. The first-order valence-electron chi connectivity index (χ1n) is 8.93. The zero-order chi connectivity index (χ0) is 18.4. The number of piperazine rings is 1. The van der Waals surface area contributed by atoms with Crippen molar-refractivity contribution in [1.29, 1.82) is 0 Å². The molecule has 0 bridgehead atoms. The number of aromatic nitrogens is 1. The lowest BCUT2D eigenvalue weighted by atomic mass is 10.1. The topological polar surface area (TPSA) is 57.7 Å². The van der Waals surface area contributed by atoms with E-state index in [1.807, 2.05) is 42.7 Å². The highest BCUT2D eigenvalue weighted by Gasteiger charge is 2.20. The first-order chi connectivity index (χ1) is 12.7. The van der Waals surface area contributed by atoms with E-state index in [1.165, 1.54) is 11.1 Å². The van der Waals surface area contributed by atoms with E-state index in [4.69, 9.17) is 4.74 Å². The predicted molar refractivity (Wildman–Crippen MR) is 102 cm³/mol. The standard InChI is InChI=1S/C20H26N4O2/c1-16-7-8-21-13-17(16)14-23-9-11-24(12-10-23)15-20(25)22-18-5-3-4-6-19(18)26-2/h3-8,13H,9-12,14-15H2,1-2H3,(H,22,25). The van der Waals surface area contributed by atoms with Gasteiger partial charge in [0.25, 0.3) is 0 Å². The zero-order valence-electron chi connectivity index (χ0n) is 15.4. The second kappa shape index (κ2) is 8.78. The lowest BCUT2D eigenvalue weighted by molar-refractivity contribution is -0.117. The van der Waals surface area contributed by atoms with E-state index < -0.39 is 0 Å². The van der Waals surface area contributed by atoms with Crippen molar-refractivity contribution in [3.63, 3.8) is 0 Å². The maximum Gasteiger partial charge on any atom is 0.238 e. The maximum absolute atomic E-state index is 12.3. The van der Waals surface area contributed by atoms with Crippen molar-refractivity contribution in [3.05, 3.63) is 53.9 Å². The molecule has 138 valence electrons. The van der Waals surface area contributed by atoms with E-state index in [2.05, 4.69) is 27.0 Å². The van der Waals surface area contributed by atoms with Crippen LogP contribution in [0.4, 0.5) is 5.69 Å². The number of para-hydroxylation sites is 2. The Kier molecular flexibility index (Phi) is 6.20. The van der Waals surface area contributed by atoms with Crippen molar-refractivity contribution in [1.82, 2.24) is 14.8 Å². The summed E-state index contributed by atoms with van der Waals surface area (Å²) in [6.07, 6.45) is 3.78. The number of carbonyl (C=O) groups excluding carboxylic acids is 1. The Labute approximate surface area is 154 Å². The Hall–Kier alpha value is -2.44. The summed E-state index contributed by atoms with van der Waals surface area (Å²) in [6, 6.07) is 9.52. The van der Waals surface area contributed by atoms with E-state index in [0.717, 1.165) is 32.7 Å². The van der Waals surface area contributed by atoms with Crippen LogP contribution in [0.5, 0.6) is 5.75 Å². The van der Waals surface area contributed by atoms with Crippen molar-refractivity contribution < 1.29 is 9.53 Å². The number of pyridine rings is 1. The molecule has 0 radical (unpaired) electrons. The number of anilines is 1. The Morgan fingerprint density at radius 1 is 1.15 bits per heavy atom. The van der Waals surface area contributed by atoms with Crippen molar-refractivity contribution in [3.8, 4) is 5.75 Å². The number of carbonyl (C=O) groups is 1. The van der Waals surface area contributed by atoms with E-state index in [-0.39, 0.29) is 5.91 Å². The second-order valence-corrected chi connectivity index (χ2v) is 6.60. The maximum atomic E-state index is 12.3. The molecule has 26 heavy (non-hydrogen) atoms. The van der Waals surface area contributed by atoms with Gasteiger partial charge in [-0.3, -0.25) is 19.6 Å². The van der Waals surface area contributed by atoms with E-state index in [0.29, 0.717) is 18.0 Å². The summed E-state index contributed by atoms with van der Waals surface area (Å²) in [5, 5.41) is 2.94. The molecule has 1 amide bonds. The molecule has 1 aliphatic heterocycles. The van der Waals surface area contributed by atoms with Crippen LogP contribution in [0.25, 0.3) is 0 Å². The van der Waals surface area contributed by atoms with Crippen molar-refractivity contribution in [2.24, 2.45) is 0 Å². The summed E-state index contributed by atoms with van der Waals surface area (Å²) < 4.78 is 5.28. The Morgan fingerprint density at radius 2 is 1.88 bits per heavy atom. The predicted octanol–water partition coefficient (Wildman–Crippen LogP) is 2.15. The highest BCUT2D eigenvalue weighted by molar-refractivity contribution is 5.93. The number of hydrogen-bond donors (Lipinski definition) is 1. The largest absolute Gasteiger partial charge is 0.495 e.